The number of methoxy groups -OCH3 is 1. The molecular formula is C26H29N3O7S2. The first-order valence-corrected chi connectivity index (χ1v) is 14.2. The predicted octanol–water partition coefficient (Wildman–Crippen LogP) is 3.20. The molecule has 3 heterocycles. The van der Waals surface area contributed by atoms with Gasteiger partial charge in [-0.05, 0) is 53.9 Å². The second kappa shape index (κ2) is 13.0. The molecule has 4 rings (SSSR count). The monoisotopic (exact) mass is 559 g/mol. The van der Waals surface area contributed by atoms with Gasteiger partial charge in [-0.15, -0.1) is 11.3 Å². The van der Waals surface area contributed by atoms with Crippen LogP contribution in [0.15, 0.2) is 83.0 Å². The Morgan fingerprint density at radius 2 is 2.03 bits per heavy atom. The lowest BCUT2D eigenvalue weighted by molar-refractivity contribution is -0.143. The number of allylic oxidation sites excluding steroid dienone is 1. The lowest BCUT2D eigenvalue weighted by Crippen LogP contribution is -2.37. The maximum atomic E-state index is 13.1. The molecule has 3 aromatic rings. The van der Waals surface area contributed by atoms with Gasteiger partial charge in [0.25, 0.3) is 5.91 Å². The minimum Gasteiger partial charge on any atom is -0.497 e. The van der Waals surface area contributed by atoms with Gasteiger partial charge in [-0.25, -0.2) is 8.42 Å². The van der Waals surface area contributed by atoms with Crippen LogP contribution in [0.2, 0.25) is 0 Å². The van der Waals surface area contributed by atoms with Gasteiger partial charge in [0, 0.05) is 36.5 Å². The van der Waals surface area contributed by atoms with Gasteiger partial charge in [-0.2, -0.15) is 4.31 Å². The Morgan fingerprint density at radius 3 is 2.68 bits per heavy atom. The van der Waals surface area contributed by atoms with E-state index in [1.165, 1.54) is 25.4 Å². The van der Waals surface area contributed by atoms with Crippen LogP contribution in [0.1, 0.15) is 17.2 Å². The number of sulfonamides is 1. The highest BCUT2D eigenvalue weighted by Crippen LogP contribution is 2.34. The van der Waals surface area contributed by atoms with Crippen molar-refractivity contribution in [1.29, 1.82) is 0 Å². The molecule has 2 N–H and O–H groups in total. The molecule has 0 spiro atoms. The molecule has 10 nitrogen and oxygen atoms in total. The fourth-order valence-corrected chi connectivity index (χ4v) is 6.12. The number of benzene rings is 1. The number of ether oxygens (including phenoxy) is 3. The van der Waals surface area contributed by atoms with Crippen LogP contribution in [0, 0.1) is 0 Å². The van der Waals surface area contributed by atoms with Gasteiger partial charge in [0.1, 0.15) is 5.75 Å². The molecule has 0 unspecified atom stereocenters. The van der Waals surface area contributed by atoms with Crippen LogP contribution in [0.4, 0.5) is 5.69 Å². The Labute approximate surface area is 225 Å². The molecule has 0 saturated heterocycles. The van der Waals surface area contributed by atoms with Crippen molar-refractivity contribution < 1.29 is 32.5 Å². The lowest BCUT2D eigenvalue weighted by atomic mass is 9.99. The van der Waals surface area contributed by atoms with Crippen LogP contribution >= 0.6 is 11.3 Å². The number of aliphatic hydroxyl groups is 1. The predicted molar refractivity (Wildman–Crippen MR) is 142 cm³/mol. The third kappa shape index (κ3) is 6.97. The average Bonchev–Trinajstić information content (AvgIpc) is 3.48. The van der Waals surface area contributed by atoms with Gasteiger partial charge < -0.3 is 24.6 Å². The van der Waals surface area contributed by atoms with E-state index in [1.54, 1.807) is 47.9 Å². The van der Waals surface area contributed by atoms with Crippen LogP contribution in [0.3, 0.4) is 0 Å². The molecular weight excluding hydrogens is 530 g/mol. The molecule has 1 aliphatic rings. The van der Waals surface area contributed by atoms with Gasteiger partial charge >= 0.3 is 0 Å². The Balaban J connectivity index is 1.43. The van der Waals surface area contributed by atoms with Crippen molar-refractivity contribution in [3.63, 3.8) is 0 Å². The van der Waals surface area contributed by atoms with Crippen molar-refractivity contribution >= 4 is 33.0 Å². The van der Waals surface area contributed by atoms with Gasteiger partial charge in [-0.3, -0.25) is 9.78 Å². The summed E-state index contributed by atoms with van der Waals surface area (Å²) in [7, 11) is -2.38. The molecule has 0 fully saturated rings. The van der Waals surface area contributed by atoms with Crippen LogP contribution < -0.4 is 10.1 Å². The highest BCUT2D eigenvalue weighted by molar-refractivity contribution is 7.89. The van der Waals surface area contributed by atoms with Gasteiger partial charge in [-0.1, -0.05) is 6.07 Å². The van der Waals surface area contributed by atoms with E-state index in [2.05, 4.69) is 10.3 Å². The Bertz CT molecular complexity index is 1310. The molecule has 1 aromatic carbocycles. The standard InChI is InChI=1S/C26H29N3O7S2/c1-34-21-6-8-22(9-7-21)38(32,33)29(11-13-30)12-14-35-25-17-19(24-5-3-15-37-24)16-23(36-25)26(31)28-20-4-2-10-27-18-20/h2-10,15-16,18-19,25,30H,11-14,17H2,1H3,(H,28,31)/t19-,25+/m0/s1. The number of thiophene rings is 1. The summed E-state index contributed by atoms with van der Waals surface area (Å²) in [6.45, 7) is -0.467. The molecule has 38 heavy (non-hydrogen) atoms. The molecule has 202 valence electrons. The number of anilines is 1. The van der Waals surface area contributed by atoms with Crippen LogP contribution in [-0.2, 0) is 24.3 Å². The summed E-state index contributed by atoms with van der Waals surface area (Å²) in [6, 6.07) is 13.4. The van der Waals surface area contributed by atoms with Crippen molar-refractivity contribution in [2.75, 3.05) is 38.7 Å². The Morgan fingerprint density at radius 1 is 1.21 bits per heavy atom. The number of carbonyl (C=O) groups excluding carboxylic acids is 1. The maximum Gasteiger partial charge on any atom is 0.290 e. The summed E-state index contributed by atoms with van der Waals surface area (Å²) in [5, 5.41) is 14.2. The zero-order chi connectivity index (χ0) is 27.0. The summed E-state index contributed by atoms with van der Waals surface area (Å²) < 4.78 is 44.3. The van der Waals surface area contributed by atoms with Crippen LogP contribution in [0.5, 0.6) is 5.75 Å². The van der Waals surface area contributed by atoms with E-state index in [1.807, 2.05) is 17.5 Å². The van der Waals surface area contributed by atoms with Crippen LogP contribution in [-0.4, -0.2) is 68.4 Å². The fourth-order valence-electron chi connectivity index (χ4n) is 3.89. The van der Waals surface area contributed by atoms with Crippen molar-refractivity contribution in [2.45, 2.75) is 23.5 Å². The number of hydrogen-bond acceptors (Lipinski definition) is 9. The number of hydrogen-bond donors (Lipinski definition) is 2. The normalized spacial score (nSPS) is 17.5. The quantitative estimate of drug-likeness (QED) is 0.346. The van der Waals surface area contributed by atoms with E-state index in [-0.39, 0.29) is 42.9 Å². The van der Waals surface area contributed by atoms with Gasteiger partial charge in [0.05, 0.1) is 37.1 Å². The second-order valence-electron chi connectivity index (χ2n) is 8.31. The average molecular weight is 560 g/mol. The Hall–Kier alpha value is -3.29. The lowest BCUT2D eigenvalue weighted by Gasteiger charge is -2.29. The van der Waals surface area contributed by atoms with E-state index in [0.29, 0.717) is 17.9 Å². The number of amides is 1. The van der Waals surface area contributed by atoms with E-state index in [4.69, 9.17) is 14.2 Å². The highest BCUT2D eigenvalue weighted by atomic mass is 32.2. The molecule has 12 heteroatoms. The molecule has 0 saturated carbocycles. The van der Waals surface area contributed by atoms with Crippen molar-refractivity contribution in [3.8, 4) is 5.75 Å². The van der Waals surface area contributed by atoms with Crippen molar-refractivity contribution in [2.24, 2.45) is 0 Å². The summed E-state index contributed by atoms with van der Waals surface area (Å²) in [5.74, 6) is 0.102. The molecule has 0 bridgehead atoms. The largest absolute Gasteiger partial charge is 0.497 e. The molecule has 2 atom stereocenters. The SMILES string of the molecule is COc1ccc(S(=O)(=O)N(CCO)CCO[C@H]2C[C@@H](c3cccs3)C=C(C(=O)Nc3cccnc3)O2)cc1. The molecule has 1 aliphatic heterocycles. The Kier molecular flexibility index (Phi) is 9.48. The maximum absolute atomic E-state index is 13.1. The van der Waals surface area contributed by atoms with Crippen molar-refractivity contribution in [3.05, 3.63) is 83.0 Å². The smallest absolute Gasteiger partial charge is 0.290 e. The number of pyridine rings is 1. The number of aliphatic hydroxyl groups excluding tert-OH is 1. The first-order valence-electron chi connectivity index (χ1n) is 11.9. The third-order valence-corrected chi connectivity index (χ3v) is 8.72. The first-order chi connectivity index (χ1) is 18.4. The van der Waals surface area contributed by atoms with E-state index in [9.17, 15) is 18.3 Å². The zero-order valence-electron chi connectivity index (χ0n) is 20.7. The summed E-state index contributed by atoms with van der Waals surface area (Å²) in [5.41, 5.74) is 0.529. The van der Waals surface area contributed by atoms with E-state index in [0.717, 1.165) is 9.18 Å². The molecule has 0 radical (unpaired) electrons. The van der Waals surface area contributed by atoms with Crippen molar-refractivity contribution in [1.82, 2.24) is 9.29 Å². The second-order valence-corrected chi connectivity index (χ2v) is 11.2. The number of carbonyl (C=O) groups is 1. The summed E-state index contributed by atoms with van der Waals surface area (Å²) >= 11 is 1.57. The van der Waals surface area contributed by atoms with Gasteiger partial charge in [0.2, 0.25) is 16.3 Å². The summed E-state index contributed by atoms with van der Waals surface area (Å²) in [4.78, 5) is 18.1. The van der Waals surface area contributed by atoms with E-state index < -0.39 is 22.2 Å². The number of rotatable bonds is 12. The topological polar surface area (TPSA) is 127 Å². The van der Waals surface area contributed by atoms with Crippen LogP contribution in [0.25, 0.3) is 0 Å². The fraction of sp³-hybridized carbons (Fsp3) is 0.308. The van der Waals surface area contributed by atoms with E-state index >= 15 is 0 Å². The zero-order valence-corrected chi connectivity index (χ0v) is 22.4. The number of nitrogens with zero attached hydrogens (tertiary/aromatic N) is 2. The third-order valence-electron chi connectivity index (χ3n) is 5.80. The van der Waals surface area contributed by atoms with Gasteiger partial charge in [0.15, 0.2) is 5.76 Å². The first kappa shape index (κ1) is 27.7. The highest BCUT2D eigenvalue weighted by Gasteiger charge is 2.30. The molecule has 0 aliphatic carbocycles. The number of aromatic nitrogens is 1. The minimum atomic E-state index is -3.88. The molecule has 2 aromatic heterocycles. The molecule has 1 amide bonds. The number of nitrogens with one attached hydrogen (secondary N) is 1. The summed E-state index contributed by atoms with van der Waals surface area (Å²) in [6.07, 6.45) is 4.59. The minimum absolute atomic E-state index is 0.00524.